The number of carbonyl (C=O) groups is 4. The van der Waals surface area contributed by atoms with Crippen LogP contribution in [0.2, 0.25) is 10.0 Å². The zero-order valence-electron chi connectivity index (χ0n) is 31.9. The molecular weight excluding hydrogens is 791 g/mol. The van der Waals surface area contributed by atoms with Crippen molar-refractivity contribution in [3.05, 3.63) is 148 Å². The van der Waals surface area contributed by atoms with Gasteiger partial charge < -0.3 is 19.9 Å². The average molecular weight is 830 g/mol. The number of fused-ring (bicyclic) bond motifs is 4. The molecule has 4 amide bonds. The van der Waals surface area contributed by atoms with E-state index in [1.54, 1.807) is 73.8 Å². The number of nitrogens with zero attached hydrogens (tertiary/aromatic N) is 2. The largest absolute Gasteiger partial charge is 0.504 e. The molecule has 6 atom stereocenters. The van der Waals surface area contributed by atoms with Crippen molar-refractivity contribution in [2.75, 3.05) is 29.9 Å². The van der Waals surface area contributed by atoms with Gasteiger partial charge >= 0.3 is 0 Å². The number of carbonyl (C=O) groups excluding carboxylic acids is 4. The molecule has 0 spiro atoms. The van der Waals surface area contributed by atoms with Gasteiger partial charge in [0.1, 0.15) is 5.75 Å². The third-order valence-corrected chi connectivity index (χ3v) is 12.9. The number of imide groups is 2. The fourth-order valence-electron chi connectivity index (χ4n) is 9.74. The number of hydrogen-bond donors (Lipinski definition) is 3. The predicted molar refractivity (Wildman–Crippen MR) is 224 cm³/mol. The van der Waals surface area contributed by atoms with Crippen LogP contribution in [0.4, 0.5) is 22.7 Å². The van der Waals surface area contributed by atoms with E-state index in [0.29, 0.717) is 27.6 Å². The Bertz CT molecular complexity index is 2550. The van der Waals surface area contributed by atoms with Gasteiger partial charge in [-0.2, -0.15) is 5.01 Å². The molecule has 0 radical (unpaired) electrons. The van der Waals surface area contributed by atoms with Gasteiger partial charge in [0, 0.05) is 22.3 Å². The molecule has 2 aliphatic carbocycles. The quantitative estimate of drug-likeness (QED) is 0.0985. The molecule has 1 saturated carbocycles. The van der Waals surface area contributed by atoms with Gasteiger partial charge in [-0.1, -0.05) is 71.2 Å². The first-order chi connectivity index (χ1) is 28.5. The maximum atomic E-state index is 15.5. The minimum Gasteiger partial charge on any atom is -0.504 e. The molecule has 11 nitrogen and oxygen atoms in total. The van der Waals surface area contributed by atoms with Crippen molar-refractivity contribution >= 4 is 69.6 Å². The second kappa shape index (κ2) is 14.8. The van der Waals surface area contributed by atoms with Crippen LogP contribution in [0.1, 0.15) is 29.9 Å². The summed E-state index contributed by atoms with van der Waals surface area (Å²) < 4.78 is 10.9. The van der Waals surface area contributed by atoms with Crippen LogP contribution < -0.4 is 25.1 Å². The molecule has 59 heavy (non-hydrogen) atoms. The lowest BCUT2D eigenvalue weighted by atomic mass is 9.49. The number of ether oxygens (including phenoxy) is 2. The van der Waals surface area contributed by atoms with Crippen LogP contribution in [0.3, 0.4) is 0 Å². The van der Waals surface area contributed by atoms with Gasteiger partial charge in [0.15, 0.2) is 11.5 Å². The van der Waals surface area contributed by atoms with Crippen molar-refractivity contribution in [1.29, 1.82) is 0 Å². The van der Waals surface area contributed by atoms with E-state index in [0.717, 1.165) is 22.0 Å². The van der Waals surface area contributed by atoms with E-state index in [2.05, 4.69) is 10.7 Å². The highest BCUT2D eigenvalue weighted by Gasteiger charge is 2.70. The van der Waals surface area contributed by atoms with Gasteiger partial charge in [-0.3, -0.25) is 29.5 Å². The van der Waals surface area contributed by atoms with Gasteiger partial charge in [-0.15, -0.1) is 0 Å². The van der Waals surface area contributed by atoms with Crippen molar-refractivity contribution in [3.8, 4) is 17.2 Å². The summed E-state index contributed by atoms with van der Waals surface area (Å²) in [5.74, 6) is -5.18. The van der Waals surface area contributed by atoms with Crippen molar-refractivity contribution in [2.24, 2.45) is 23.7 Å². The maximum absolute atomic E-state index is 15.5. The summed E-state index contributed by atoms with van der Waals surface area (Å²) in [5, 5.41) is 16.1. The van der Waals surface area contributed by atoms with E-state index in [-0.39, 0.29) is 46.9 Å². The second-order valence-corrected chi connectivity index (χ2v) is 16.0. The van der Waals surface area contributed by atoms with Crippen LogP contribution in [0.15, 0.2) is 127 Å². The first-order valence-corrected chi connectivity index (χ1v) is 19.9. The fourth-order valence-corrected chi connectivity index (χ4v) is 10.2. The summed E-state index contributed by atoms with van der Waals surface area (Å²) in [7, 11) is 2.98. The topological polar surface area (TPSA) is 138 Å². The highest BCUT2D eigenvalue weighted by molar-refractivity contribution is 6.36. The summed E-state index contributed by atoms with van der Waals surface area (Å²) in [5.41, 5.74) is 5.63. The number of methoxy groups -OCH3 is 2. The third-order valence-electron chi connectivity index (χ3n) is 12.3. The Morgan fingerprint density at radius 3 is 2.17 bits per heavy atom. The number of para-hydroxylation sites is 1. The average Bonchev–Trinajstić information content (AvgIpc) is 3.62. The van der Waals surface area contributed by atoms with Gasteiger partial charge in [-0.05, 0) is 109 Å². The minimum atomic E-state index is -1.58. The Morgan fingerprint density at radius 1 is 0.763 bits per heavy atom. The van der Waals surface area contributed by atoms with Crippen molar-refractivity contribution in [1.82, 2.24) is 5.01 Å². The number of nitrogens with one attached hydrogen (secondary N) is 2. The molecule has 9 rings (SSSR count). The predicted octanol–water partition coefficient (Wildman–Crippen LogP) is 8.65. The van der Waals surface area contributed by atoms with Gasteiger partial charge in [-0.25, -0.2) is 0 Å². The zero-order valence-corrected chi connectivity index (χ0v) is 33.4. The van der Waals surface area contributed by atoms with Gasteiger partial charge in [0.05, 0.1) is 53.8 Å². The molecule has 2 aliphatic heterocycles. The fraction of sp³-hybridized carbons (Fsp3) is 0.217. The van der Waals surface area contributed by atoms with Crippen molar-refractivity contribution < 1.29 is 33.8 Å². The number of aromatic hydroxyl groups is 1. The van der Waals surface area contributed by atoms with E-state index >= 15 is 9.59 Å². The number of amides is 4. The van der Waals surface area contributed by atoms with Crippen LogP contribution in [0.5, 0.6) is 17.2 Å². The second-order valence-electron chi connectivity index (χ2n) is 15.2. The normalized spacial score (nSPS) is 24.6. The van der Waals surface area contributed by atoms with E-state index in [4.69, 9.17) is 32.7 Å². The summed E-state index contributed by atoms with van der Waals surface area (Å²) in [6.07, 6.45) is 2.28. The number of phenols is 1. The maximum Gasteiger partial charge on any atom is 0.260 e. The number of hydrazine groups is 1. The van der Waals surface area contributed by atoms with Crippen molar-refractivity contribution in [3.63, 3.8) is 0 Å². The van der Waals surface area contributed by atoms with Crippen LogP contribution >= 0.6 is 23.2 Å². The first-order valence-electron chi connectivity index (χ1n) is 19.2. The van der Waals surface area contributed by atoms with Crippen LogP contribution in [-0.2, 0) is 24.6 Å². The molecular formula is C46H38Cl2N4O7. The van der Waals surface area contributed by atoms with E-state index < -0.39 is 46.8 Å². The Hall–Kier alpha value is -6.30. The first kappa shape index (κ1) is 38.2. The van der Waals surface area contributed by atoms with E-state index in [1.807, 2.05) is 48.5 Å². The Morgan fingerprint density at radius 2 is 1.49 bits per heavy atom. The molecule has 5 aromatic carbocycles. The number of rotatable bonds is 9. The van der Waals surface area contributed by atoms with Gasteiger partial charge in [0.2, 0.25) is 11.8 Å². The number of allylic oxidation sites excluding steroid dienone is 2. The molecule has 4 aliphatic rings. The summed E-state index contributed by atoms with van der Waals surface area (Å²) in [6, 6.07) is 33.4. The molecule has 5 aromatic rings. The van der Waals surface area contributed by atoms with Crippen LogP contribution in [0.25, 0.3) is 0 Å². The third kappa shape index (κ3) is 6.10. The molecule has 2 heterocycles. The lowest BCUT2D eigenvalue weighted by Gasteiger charge is -2.50. The molecule has 6 unspecified atom stereocenters. The summed E-state index contributed by atoms with van der Waals surface area (Å²) >= 11 is 12.8. The smallest absolute Gasteiger partial charge is 0.260 e. The number of halogens is 2. The summed E-state index contributed by atoms with van der Waals surface area (Å²) in [4.78, 5) is 60.9. The SMILES string of the molecule is COc1ccc(C23C(=O)N(Nc4ccc(Cl)cc4Cl)C(=O)C2CC2C(=CCC4C(=O)N(c5ccc(Nc6ccccc6)cc5)C(=O)C42)C3c2ccc(OC)c(O)c2)cc1. The molecule has 3 N–H and O–H groups in total. The highest BCUT2D eigenvalue weighted by atomic mass is 35.5. The van der Waals surface area contributed by atoms with Crippen LogP contribution in [-0.4, -0.2) is 48.0 Å². The Balaban J connectivity index is 1.17. The minimum absolute atomic E-state index is 0.0849. The zero-order chi connectivity index (χ0) is 41.2. The molecule has 298 valence electrons. The van der Waals surface area contributed by atoms with E-state index in [1.165, 1.54) is 18.1 Å². The number of anilines is 4. The molecule has 0 aromatic heterocycles. The van der Waals surface area contributed by atoms with Gasteiger partial charge in [0.25, 0.3) is 11.8 Å². The molecule has 3 fully saturated rings. The monoisotopic (exact) mass is 828 g/mol. The van der Waals surface area contributed by atoms with E-state index in [9.17, 15) is 14.7 Å². The lowest BCUT2D eigenvalue weighted by Crippen LogP contribution is -2.53. The van der Waals surface area contributed by atoms with Crippen molar-refractivity contribution in [2.45, 2.75) is 24.2 Å². The standard InChI is InChI=1S/C46H38Cl2N4O7/c1-58-31-16-9-26(10-17-31)46-35(43(55)52(45(46)57)50-37-20-11-27(47)23-36(37)48)24-34-32(41(46)25-8-21-39(59-2)38(53)22-25)18-19-33-40(34)44(56)51(42(33)54)30-14-12-29(13-15-30)49-28-6-4-3-5-7-28/h3-18,20-23,33-35,40-41,49-50,53H,19,24H2,1-2H3. The van der Waals surface area contributed by atoms with Crippen LogP contribution in [0, 0.1) is 23.7 Å². The molecule has 13 heteroatoms. The number of hydrogen-bond acceptors (Lipinski definition) is 9. The number of phenolic OH excluding ortho intramolecular Hbond substituents is 1. The lowest BCUT2D eigenvalue weighted by molar-refractivity contribution is -0.138. The highest BCUT2D eigenvalue weighted by Crippen LogP contribution is 2.64. The number of benzene rings is 5. The Labute approximate surface area is 350 Å². The molecule has 0 bridgehead atoms. The summed E-state index contributed by atoms with van der Waals surface area (Å²) in [6.45, 7) is 0. The molecule has 2 saturated heterocycles. The Kier molecular flexibility index (Phi) is 9.60.